The van der Waals surface area contributed by atoms with Gasteiger partial charge in [0.15, 0.2) is 5.82 Å². The van der Waals surface area contributed by atoms with Gasteiger partial charge in [-0.15, -0.1) is 0 Å². The van der Waals surface area contributed by atoms with E-state index >= 15 is 0 Å². The first-order valence-electron chi connectivity index (χ1n) is 7.44. The molecule has 2 heterocycles. The van der Waals surface area contributed by atoms with Crippen LogP contribution in [0.1, 0.15) is 12.8 Å². The van der Waals surface area contributed by atoms with E-state index in [1.54, 1.807) is 18.3 Å². The van der Waals surface area contributed by atoms with Crippen molar-refractivity contribution in [2.45, 2.75) is 17.7 Å². The molecule has 8 nitrogen and oxygen atoms in total. The predicted octanol–water partition coefficient (Wildman–Crippen LogP) is 2.39. The van der Waals surface area contributed by atoms with Crippen LogP contribution in [0.15, 0.2) is 47.5 Å². The maximum absolute atomic E-state index is 12.5. The average molecular weight is 348 g/mol. The molecule has 0 unspecified atom stereocenters. The zero-order chi connectivity index (χ0) is 17.2. The third kappa shape index (κ3) is 3.30. The number of nitrogens with zero attached hydrogens (tertiary/aromatic N) is 3. The van der Waals surface area contributed by atoms with Crippen LogP contribution >= 0.6 is 0 Å². The number of nitro benzene ring substituents is 1. The molecule has 3 rings (SSSR count). The molecule has 2 aromatic rings. The van der Waals surface area contributed by atoms with Crippen LogP contribution in [0.3, 0.4) is 0 Å². The molecule has 9 heteroatoms. The second-order valence-electron chi connectivity index (χ2n) is 5.43. The van der Waals surface area contributed by atoms with Gasteiger partial charge in [-0.25, -0.2) is 13.4 Å². The van der Waals surface area contributed by atoms with Gasteiger partial charge in [0.05, 0.1) is 15.5 Å². The quantitative estimate of drug-likeness (QED) is 0.657. The number of anilines is 2. The fourth-order valence-electron chi connectivity index (χ4n) is 2.61. The van der Waals surface area contributed by atoms with Crippen molar-refractivity contribution in [3.8, 4) is 0 Å². The Kier molecular flexibility index (Phi) is 4.34. The molecule has 1 N–H and O–H groups in total. The molecule has 0 radical (unpaired) electrons. The third-order valence-electron chi connectivity index (χ3n) is 3.79. The van der Waals surface area contributed by atoms with Crippen LogP contribution < -0.4 is 9.62 Å². The molecule has 0 saturated carbocycles. The van der Waals surface area contributed by atoms with Gasteiger partial charge < -0.3 is 4.90 Å². The molecule has 1 aliphatic rings. The number of rotatable bonds is 5. The molecule has 0 spiro atoms. The lowest BCUT2D eigenvalue weighted by atomic mass is 10.3. The number of nitro groups is 1. The van der Waals surface area contributed by atoms with E-state index < -0.39 is 14.9 Å². The number of nitrogens with one attached hydrogen (secondary N) is 1. The molecule has 0 atom stereocenters. The SMILES string of the molecule is O=[N+]([O-])c1ccc(S(=O)(=O)Nc2cccnc2N2CCCC2)cc1. The van der Waals surface area contributed by atoms with Gasteiger partial charge in [0.2, 0.25) is 0 Å². The number of hydrogen-bond acceptors (Lipinski definition) is 6. The Morgan fingerprint density at radius 3 is 2.42 bits per heavy atom. The normalized spacial score (nSPS) is 14.6. The zero-order valence-electron chi connectivity index (χ0n) is 12.8. The Hall–Kier alpha value is -2.68. The second kappa shape index (κ2) is 6.44. The first-order chi connectivity index (χ1) is 11.5. The number of pyridine rings is 1. The van der Waals surface area contributed by atoms with E-state index in [9.17, 15) is 18.5 Å². The van der Waals surface area contributed by atoms with Gasteiger partial charge >= 0.3 is 0 Å². The lowest BCUT2D eigenvalue weighted by molar-refractivity contribution is -0.384. The van der Waals surface area contributed by atoms with Crippen LogP contribution in [-0.4, -0.2) is 31.4 Å². The van der Waals surface area contributed by atoms with Gasteiger partial charge in [-0.3, -0.25) is 14.8 Å². The van der Waals surface area contributed by atoms with Crippen molar-refractivity contribution in [1.82, 2.24) is 4.98 Å². The minimum absolute atomic E-state index is 0.0377. The van der Waals surface area contributed by atoms with Gasteiger partial charge in [-0.1, -0.05) is 0 Å². The van der Waals surface area contributed by atoms with E-state index in [0.29, 0.717) is 11.5 Å². The van der Waals surface area contributed by atoms with Crippen LogP contribution in [0.25, 0.3) is 0 Å². The van der Waals surface area contributed by atoms with Crippen molar-refractivity contribution in [1.29, 1.82) is 0 Å². The molecular weight excluding hydrogens is 332 g/mol. The van der Waals surface area contributed by atoms with E-state index in [2.05, 4.69) is 9.71 Å². The van der Waals surface area contributed by atoms with Crippen LogP contribution in [-0.2, 0) is 10.0 Å². The first-order valence-corrected chi connectivity index (χ1v) is 8.93. The molecule has 1 aliphatic heterocycles. The number of aromatic nitrogens is 1. The fraction of sp³-hybridized carbons (Fsp3) is 0.267. The Labute approximate surface area is 139 Å². The van der Waals surface area contributed by atoms with Crippen LogP contribution in [0.4, 0.5) is 17.2 Å². The first kappa shape index (κ1) is 16.2. The van der Waals surface area contributed by atoms with Crippen molar-refractivity contribution in [2.75, 3.05) is 22.7 Å². The molecule has 0 amide bonds. The summed E-state index contributed by atoms with van der Waals surface area (Å²) in [6.45, 7) is 1.67. The van der Waals surface area contributed by atoms with Gasteiger partial charge in [-0.05, 0) is 37.1 Å². The van der Waals surface area contributed by atoms with E-state index in [0.717, 1.165) is 25.9 Å². The van der Waals surface area contributed by atoms with Gasteiger partial charge in [0.25, 0.3) is 15.7 Å². The smallest absolute Gasteiger partial charge is 0.269 e. The molecule has 0 aliphatic carbocycles. The zero-order valence-corrected chi connectivity index (χ0v) is 13.6. The van der Waals surface area contributed by atoms with Gasteiger partial charge in [-0.2, -0.15) is 0 Å². The monoisotopic (exact) mass is 348 g/mol. The Morgan fingerprint density at radius 1 is 1.12 bits per heavy atom. The lowest BCUT2D eigenvalue weighted by Gasteiger charge is -2.20. The number of non-ortho nitro benzene ring substituents is 1. The van der Waals surface area contributed by atoms with Crippen molar-refractivity contribution < 1.29 is 13.3 Å². The summed E-state index contributed by atoms with van der Waals surface area (Å²) in [5.41, 5.74) is 0.242. The number of hydrogen-bond donors (Lipinski definition) is 1. The highest BCUT2D eigenvalue weighted by molar-refractivity contribution is 7.92. The van der Waals surface area contributed by atoms with Crippen molar-refractivity contribution in [3.05, 3.63) is 52.7 Å². The van der Waals surface area contributed by atoms with Crippen molar-refractivity contribution >= 4 is 27.2 Å². The van der Waals surface area contributed by atoms with E-state index in [4.69, 9.17) is 0 Å². The summed E-state index contributed by atoms with van der Waals surface area (Å²) in [5.74, 6) is 0.598. The summed E-state index contributed by atoms with van der Waals surface area (Å²) >= 11 is 0. The third-order valence-corrected chi connectivity index (χ3v) is 5.18. The second-order valence-corrected chi connectivity index (χ2v) is 7.11. The average Bonchev–Trinajstić information content (AvgIpc) is 3.09. The fourth-order valence-corrected chi connectivity index (χ4v) is 3.67. The number of sulfonamides is 1. The Balaban J connectivity index is 1.88. The maximum atomic E-state index is 12.5. The minimum atomic E-state index is -3.85. The van der Waals surface area contributed by atoms with Crippen molar-refractivity contribution in [2.24, 2.45) is 0 Å². The highest BCUT2D eigenvalue weighted by Crippen LogP contribution is 2.28. The van der Waals surface area contributed by atoms with Gasteiger partial charge in [0, 0.05) is 31.4 Å². The Morgan fingerprint density at radius 2 is 1.79 bits per heavy atom. The van der Waals surface area contributed by atoms with Crippen LogP contribution in [0.5, 0.6) is 0 Å². The summed E-state index contributed by atoms with van der Waals surface area (Å²) in [5, 5.41) is 10.7. The summed E-state index contributed by atoms with van der Waals surface area (Å²) in [6, 6.07) is 8.08. The standard InChI is InChI=1S/C15H16N4O4S/c20-19(21)12-5-7-13(8-6-12)24(22,23)17-14-4-3-9-16-15(14)18-10-1-2-11-18/h3-9,17H,1-2,10-11H2. The summed E-state index contributed by atoms with van der Waals surface area (Å²) in [4.78, 5) is 16.4. The van der Waals surface area contributed by atoms with Crippen molar-refractivity contribution in [3.63, 3.8) is 0 Å². The number of benzene rings is 1. The molecule has 0 bridgehead atoms. The molecule has 1 fully saturated rings. The molecule has 24 heavy (non-hydrogen) atoms. The predicted molar refractivity (Wildman–Crippen MR) is 89.6 cm³/mol. The molecule has 1 saturated heterocycles. The minimum Gasteiger partial charge on any atom is -0.355 e. The van der Waals surface area contributed by atoms with E-state index in [1.165, 1.54) is 24.3 Å². The topological polar surface area (TPSA) is 105 Å². The molecular formula is C15H16N4O4S. The summed E-state index contributed by atoms with van der Waals surface area (Å²) < 4.78 is 27.6. The molecule has 1 aromatic carbocycles. The van der Waals surface area contributed by atoms with E-state index in [1.807, 2.05) is 4.90 Å². The molecule has 126 valence electrons. The molecule has 1 aromatic heterocycles. The van der Waals surface area contributed by atoms with Crippen LogP contribution in [0.2, 0.25) is 0 Å². The highest BCUT2D eigenvalue weighted by atomic mass is 32.2. The Bertz CT molecular complexity index is 846. The highest BCUT2D eigenvalue weighted by Gasteiger charge is 2.21. The van der Waals surface area contributed by atoms with E-state index in [-0.39, 0.29) is 10.6 Å². The lowest BCUT2D eigenvalue weighted by Crippen LogP contribution is -2.22. The van der Waals surface area contributed by atoms with Crippen LogP contribution in [0, 0.1) is 10.1 Å². The summed E-state index contributed by atoms with van der Waals surface area (Å²) in [6.07, 6.45) is 3.72. The largest absolute Gasteiger partial charge is 0.355 e. The summed E-state index contributed by atoms with van der Waals surface area (Å²) in [7, 11) is -3.85. The van der Waals surface area contributed by atoms with Gasteiger partial charge in [0.1, 0.15) is 0 Å². The maximum Gasteiger partial charge on any atom is 0.269 e.